The van der Waals surface area contributed by atoms with Crippen LogP contribution in [0.4, 0.5) is 0 Å². The summed E-state index contributed by atoms with van der Waals surface area (Å²) < 4.78 is 19.9. The van der Waals surface area contributed by atoms with Crippen LogP contribution < -0.4 is 0 Å². The highest BCUT2D eigenvalue weighted by molar-refractivity contribution is 5.69. The number of esters is 1. The summed E-state index contributed by atoms with van der Waals surface area (Å²) in [6.07, 6.45) is 9.67. The lowest BCUT2D eigenvalue weighted by atomic mass is 10.1. The monoisotopic (exact) mass is 316 g/mol. The lowest BCUT2D eigenvalue weighted by Crippen LogP contribution is -2.16. The molecule has 5 nitrogen and oxygen atoms in total. The van der Waals surface area contributed by atoms with Gasteiger partial charge in [0, 0.05) is 6.42 Å². The maximum absolute atomic E-state index is 11.0. The normalized spacial score (nSPS) is 20.0. The molecule has 0 radical (unpaired) electrons. The van der Waals surface area contributed by atoms with E-state index < -0.39 is 0 Å². The van der Waals surface area contributed by atoms with Crippen molar-refractivity contribution in [2.45, 2.75) is 64.4 Å². The second kappa shape index (κ2) is 14.0. The molecule has 130 valence electrons. The smallest absolute Gasteiger partial charge is 0.305 e. The molecule has 2 saturated heterocycles. The molecule has 0 bridgehead atoms. The van der Waals surface area contributed by atoms with Crippen molar-refractivity contribution in [2.75, 3.05) is 39.6 Å². The third kappa shape index (κ3) is 13.0. The van der Waals surface area contributed by atoms with Crippen LogP contribution in [0.2, 0.25) is 0 Å². The van der Waals surface area contributed by atoms with Gasteiger partial charge >= 0.3 is 5.97 Å². The van der Waals surface area contributed by atoms with E-state index in [4.69, 9.17) is 18.9 Å². The highest BCUT2D eigenvalue weighted by atomic mass is 16.6. The predicted molar refractivity (Wildman–Crippen MR) is 84.9 cm³/mol. The van der Waals surface area contributed by atoms with E-state index in [1.54, 1.807) is 0 Å². The second-order valence-electron chi connectivity index (χ2n) is 5.65. The molecular formula is C17H32O5. The maximum Gasteiger partial charge on any atom is 0.305 e. The first-order valence-electron chi connectivity index (χ1n) is 8.75. The van der Waals surface area contributed by atoms with Crippen LogP contribution in [0.3, 0.4) is 0 Å². The molecular weight excluding hydrogens is 284 g/mol. The minimum atomic E-state index is -0.0478. The van der Waals surface area contributed by atoms with Crippen LogP contribution in [-0.2, 0) is 23.7 Å². The topological polar surface area (TPSA) is 57.3 Å². The average molecular weight is 316 g/mol. The van der Waals surface area contributed by atoms with Crippen molar-refractivity contribution in [3.8, 4) is 0 Å². The Bertz CT molecular complexity index is 250. The first-order valence-corrected chi connectivity index (χ1v) is 8.75. The summed E-state index contributed by atoms with van der Waals surface area (Å²) in [4.78, 5) is 11.0. The number of ether oxygens (including phenoxy) is 4. The van der Waals surface area contributed by atoms with Crippen molar-refractivity contribution in [2.24, 2.45) is 0 Å². The number of carbonyl (C=O) groups is 1. The third-order valence-electron chi connectivity index (χ3n) is 3.61. The highest BCUT2D eigenvalue weighted by Gasteiger charge is 2.20. The Hall–Kier alpha value is -0.650. The largest absolute Gasteiger partial charge is 0.466 e. The molecule has 1 atom stereocenters. The summed E-state index contributed by atoms with van der Waals surface area (Å²) >= 11 is 0. The molecule has 0 N–H and O–H groups in total. The van der Waals surface area contributed by atoms with Crippen LogP contribution in [0.25, 0.3) is 0 Å². The van der Waals surface area contributed by atoms with E-state index in [9.17, 15) is 4.79 Å². The van der Waals surface area contributed by atoms with E-state index in [1.807, 2.05) is 6.92 Å². The lowest BCUT2D eigenvalue weighted by molar-refractivity contribution is -0.143. The molecule has 0 aromatic heterocycles. The van der Waals surface area contributed by atoms with Crippen LogP contribution in [0.5, 0.6) is 0 Å². The van der Waals surface area contributed by atoms with Gasteiger partial charge in [-0.25, -0.2) is 0 Å². The summed E-state index contributed by atoms with van der Waals surface area (Å²) in [5.41, 5.74) is 0. The number of unbranched alkanes of at least 4 members (excludes halogenated alkanes) is 5. The molecule has 0 aromatic carbocycles. The Balaban J connectivity index is 0.000000335. The lowest BCUT2D eigenvalue weighted by Gasteiger charge is -2.09. The van der Waals surface area contributed by atoms with Gasteiger partial charge in [0.15, 0.2) is 0 Å². The average Bonchev–Trinajstić information content (AvgIpc) is 3.37. The number of hydrogen-bond acceptors (Lipinski definition) is 5. The van der Waals surface area contributed by atoms with Crippen molar-refractivity contribution >= 4 is 5.97 Å². The Morgan fingerprint density at radius 2 is 1.50 bits per heavy atom. The van der Waals surface area contributed by atoms with Gasteiger partial charge in [0.25, 0.3) is 0 Å². The summed E-state index contributed by atoms with van der Waals surface area (Å²) in [6, 6.07) is 0. The van der Waals surface area contributed by atoms with Gasteiger partial charge in [-0.2, -0.15) is 0 Å². The molecule has 2 rings (SSSR count). The fourth-order valence-electron chi connectivity index (χ4n) is 2.26. The fourth-order valence-corrected chi connectivity index (χ4v) is 2.26. The summed E-state index contributed by atoms with van der Waals surface area (Å²) in [5, 5.41) is 0. The Kier molecular flexibility index (Phi) is 12.3. The molecule has 2 aliphatic rings. The highest BCUT2D eigenvalue weighted by Crippen LogP contribution is 2.18. The van der Waals surface area contributed by atoms with Crippen molar-refractivity contribution in [3.05, 3.63) is 0 Å². The van der Waals surface area contributed by atoms with Gasteiger partial charge in [0.05, 0.1) is 45.7 Å². The van der Waals surface area contributed by atoms with Gasteiger partial charge in [-0.3, -0.25) is 4.79 Å². The van der Waals surface area contributed by atoms with Crippen LogP contribution in [0.15, 0.2) is 0 Å². The van der Waals surface area contributed by atoms with Crippen LogP contribution in [0.1, 0.15) is 58.3 Å². The van der Waals surface area contributed by atoms with E-state index in [2.05, 4.69) is 0 Å². The molecule has 5 heteroatoms. The number of hydrogen-bond donors (Lipinski definition) is 0. The summed E-state index contributed by atoms with van der Waals surface area (Å²) in [6.45, 7) is 6.45. The van der Waals surface area contributed by atoms with Crippen molar-refractivity contribution in [1.29, 1.82) is 0 Å². The van der Waals surface area contributed by atoms with E-state index in [-0.39, 0.29) is 5.97 Å². The Labute approximate surface area is 134 Å². The van der Waals surface area contributed by atoms with E-state index >= 15 is 0 Å². The van der Waals surface area contributed by atoms with E-state index in [0.29, 0.717) is 19.1 Å². The van der Waals surface area contributed by atoms with E-state index in [1.165, 1.54) is 32.1 Å². The van der Waals surface area contributed by atoms with Crippen LogP contribution >= 0.6 is 0 Å². The Morgan fingerprint density at radius 3 is 2.00 bits per heavy atom. The molecule has 2 heterocycles. The SMILES string of the molecule is C1COCCO1.CCOC(=O)CCCCCCCCC1CO1. The first kappa shape index (κ1) is 19.4. The van der Waals surface area contributed by atoms with Gasteiger partial charge in [0.2, 0.25) is 0 Å². The van der Waals surface area contributed by atoms with Crippen molar-refractivity contribution in [3.63, 3.8) is 0 Å². The molecule has 0 spiro atoms. The number of epoxide rings is 1. The molecule has 2 fully saturated rings. The zero-order valence-corrected chi connectivity index (χ0v) is 14.0. The minimum absolute atomic E-state index is 0.0478. The molecule has 0 aliphatic carbocycles. The van der Waals surface area contributed by atoms with Crippen molar-refractivity contribution in [1.82, 2.24) is 0 Å². The Morgan fingerprint density at radius 1 is 0.955 bits per heavy atom. The second-order valence-corrected chi connectivity index (χ2v) is 5.65. The quantitative estimate of drug-likeness (QED) is 0.352. The zero-order chi connectivity index (χ0) is 15.9. The first-order chi connectivity index (χ1) is 10.8. The van der Waals surface area contributed by atoms with Gasteiger partial charge in [-0.05, 0) is 19.8 Å². The number of carbonyl (C=O) groups excluding carboxylic acids is 1. The number of rotatable bonds is 10. The van der Waals surface area contributed by atoms with Gasteiger partial charge in [-0.1, -0.05) is 32.1 Å². The molecule has 0 amide bonds. The predicted octanol–water partition coefficient (Wildman–Crippen LogP) is 3.10. The fraction of sp³-hybridized carbons (Fsp3) is 0.941. The van der Waals surface area contributed by atoms with Gasteiger partial charge < -0.3 is 18.9 Å². The molecule has 0 aromatic rings. The summed E-state index contributed by atoms with van der Waals surface area (Å²) in [5.74, 6) is -0.0478. The molecule has 22 heavy (non-hydrogen) atoms. The summed E-state index contributed by atoms with van der Waals surface area (Å²) in [7, 11) is 0. The van der Waals surface area contributed by atoms with Crippen LogP contribution in [-0.4, -0.2) is 51.7 Å². The van der Waals surface area contributed by atoms with Gasteiger partial charge in [0.1, 0.15) is 0 Å². The van der Waals surface area contributed by atoms with E-state index in [0.717, 1.165) is 45.9 Å². The standard InChI is InChI=1S/C13H24O3.C4H8O2/c1-2-15-13(14)10-8-6-4-3-5-7-9-12-11-16-12;1-2-6-4-3-5-1/h12H,2-11H2,1H3;1-4H2. The van der Waals surface area contributed by atoms with Crippen molar-refractivity contribution < 1.29 is 23.7 Å². The molecule has 0 saturated carbocycles. The minimum Gasteiger partial charge on any atom is -0.466 e. The maximum atomic E-state index is 11.0. The molecule has 1 unspecified atom stereocenters. The third-order valence-corrected chi connectivity index (χ3v) is 3.61. The molecule has 2 aliphatic heterocycles. The van der Waals surface area contributed by atoms with Gasteiger partial charge in [-0.15, -0.1) is 0 Å². The zero-order valence-electron chi connectivity index (χ0n) is 14.0. The van der Waals surface area contributed by atoms with Crippen LogP contribution in [0, 0.1) is 0 Å².